The molecule has 1 saturated heterocycles. The lowest BCUT2D eigenvalue weighted by Crippen LogP contribution is -2.35. The first kappa shape index (κ1) is 17.6. The molecule has 0 radical (unpaired) electrons. The van der Waals surface area contributed by atoms with Crippen molar-refractivity contribution in [3.63, 3.8) is 0 Å². The number of nitrogens with zero attached hydrogens (tertiary/aromatic N) is 4. The number of nitrogens with one attached hydrogen (secondary N) is 1. The van der Waals surface area contributed by atoms with Gasteiger partial charge in [0.05, 0.1) is 4.90 Å². The molecule has 0 atom stereocenters. The monoisotopic (exact) mass is 385 g/mol. The smallest absolute Gasteiger partial charge is 0.258 e. The van der Waals surface area contributed by atoms with Crippen LogP contribution in [0.15, 0.2) is 53.6 Å². The van der Waals surface area contributed by atoms with Crippen molar-refractivity contribution in [3.05, 3.63) is 54.2 Å². The molecule has 1 aromatic carbocycles. The predicted molar refractivity (Wildman–Crippen MR) is 100.0 cm³/mol. The Morgan fingerprint density at radius 3 is 2.63 bits per heavy atom. The number of carbonyl (C=O) groups is 1. The number of aromatic nitrogens is 3. The number of fused-ring (bicyclic) bond motifs is 1. The molecule has 9 heteroatoms. The number of hydrogen-bond acceptors (Lipinski definition) is 5. The molecule has 1 N–H and O–H groups in total. The molecule has 1 aliphatic heterocycles. The van der Waals surface area contributed by atoms with E-state index >= 15 is 0 Å². The van der Waals surface area contributed by atoms with Crippen LogP contribution in [-0.4, -0.2) is 46.3 Å². The van der Waals surface area contributed by atoms with Gasteiger partial charge in [0.15, 0.2) is 5.65 Å². The van der Waals surface area contributed by atoms with E-state index in [1.807, 2.05) is 6.07 Å². The Bertz CT molecular complexity index is 1090. The van der Waals surface area contributed by atoms with Crippen LogP contribution in [0.25, 0.3) is 5.65 Å². The molecule has 0 bridgehead atoms. The van der Waals surface area contributed by atoms with Crippen molar-refractivity contribution in [1.82, 2.24) is 18.9 Å². The fourth-order valence-corrected chi connectivity index (χ4v) is 4.72. The molecule has 27 heavy (non-hydrogen) atoms. The summed E-state index contributed by atoms with van der Waals surface area (Å²) in [6.45, 7) is 1.04. The quantitative estimate of drug-likeness (QED) is 0.742. The van der Waals surface area contributed by atoms with Crippen LogP contribution in [0, 0.1) is 0 Å². The number of amides is 1. The van der Waals surface area contributed by atoms with Gasteiger partial charge < -0.3 is 0 Å². The number of rotatable bonds is 4. The summed E-state index contributed by atoms with van der Waals surface area (Å²) in [6, 6.07) is 11.5. The van der Waals surface area contributed by atoms with E-state index < -0.39 is 15.9 Å². The van der Waals surface area contributed by atoms with Gasteiger partial charge in [-0.15, -0.1) is 10.2 Å². The lowest BCUT2D eigenvalue weighted by atomic mass is 10.2. The third-order valence-electron chi connectivity index (χ3n) is 4.59. The Balaban J connectivity index is 1.59. The lowest BCUT2D eigenvalue weighted by Gasteiger charge is -2.26. The minimum absolute atomic E-state index is 0.128. The summed E-state index contributed by atoms with van der Waals surface area (Å²) in [5, 5.41) is 10.6. The van der Waals surface area contributed by atoms with Crippen LogP contribution in [0.3, 0.4) is 0 Å². The van der Waals surface area contributed by atoms with Crippen LogP contribution in [0.1, 0.15) is 29.6 Å². The minimum Gasteiger partial charge on any atom is -0.290 e. The van der Waals surface area contributed by atoms with E-state index in [9.17, 15) is 13.2 Å². The second-order valence-electron chi connectivity index (χ2n) is 6.40. The van der Waals surface area contributed by atoms with E-state index in [4.69, 9.17) is 0 Å². The number of hydrogen-bond donors (Lipinski definition) is 1. The molecule has 0 spiro atoms. The summed E-state index contributed by atoms with van der Waals surface area (Å²) in [5.74, 6) is -0.163. The van der Waals surface area contributed by atoms with Gasteiger partial charge in [0.1, 0.15) is 0 Å². The van der Waals surface area contributed by atoms with Crippen LogP contribution in [-0.2, 0) is 10.0 Å². The zero-order valence-corrected chi connectivity index (χ0v) is 15.4. The molecule has 1 fully saturated rings. The molecule has 8 nitrogen and oxygen atoms in total. The first-order valence-electron chi connectivity index (χ1n) is 8.77. The Morgan fingerprint density at radius 2 is 1.81 bits per heavy atom. The van der Waals surface area contributed by atoms with Gasteiger partial charge in [-0.2, -0.15) is 4.31 Å². The Labute approximate surface area is 156 Å². The molecule has 0 aliphatic carbocycles. The number of carbonyl (C=O) groups excluding carboxylic acids is 1. The van der Waals surface area contributed by atoms with Crippen molar-refractivity contribution in [2.24, 2.45) is 0 Å². The van der Waals surface area contributed by atoms with E-state index in [1.54, 1.807) is 34.9 Å². The number of piperidine rings is 1. The van der Waals surface area contributed by atoms with E-state index in [0.717, 1.165) is 19.3 Å². The zero-order chi connectivity index (χ0) is 18.9. The highest BCUT2D eigenvalue weighted by atomic mass is 32.2. The average molecular weight is 385 g/mol. The third-order valence-corrected chi connectivity index (χ3v) is 6.48. The van der Waals surface area contributed by atoms with Crippen molar-refractivity contribution < 1.29 is 13.2 Å². The van der Waals surface area contributed by atoms with Gasteiger partial charge >= 0.3 is 0 Å². The van der Waals surface area contributed by atoms with Gasteiger partial charge in [0.2, 0.25) is 16.0 Å². The molecule has 3 aromatic rings. The molecule has 2 aromatic heterocycles. The first-order chi connectivity index (χ1) is 13.1. The van der Waals surface area contributed by atoms with Crippen molar-refractivity contribution in [2.45, 2.75) is 24.2 Å². The number of pyridine rings is 1. The van der Waals surface area contributed by atoms with Crippen LogP contribution >= 0.6 is 0 Å². The Kier molecular flexibility index (Phi) is 4.63. The van der Waals surface area contributed by atoms with Crippen molar-refractivity contribution in [3.8, 4) is 0 Å². The SMILES string of the molecule is O=C(Nc1nnc2ccccn12)c1cccc(S(=O)(=O)N2CCCCC2)c1. The summed E-state index contributed by atoms with van der Waals surface area (Å²) < 4.78 is 28.8. The second-order valence-corrected chi connectivity index (χ2v) is 8.34. The van der Waals surface area contributed by atoms with Crippen LogP contribution in [0.2, 0.25) is 0 Å². The van der Waals surface area contributed by atoms with Crippen LogP contribution < -0.4 is 5.32 Å². The number of benzene rings is 1. The molecule has 0 saturated carbocycles. The Morgan fingerprint density at radius 1 is 1.00 bits per heavy atom. The van der Waals surface area contributed by atoms with Gasteiger partial charge in [-0.05, 0) is 43.2 Å². The van der Waals surface area contributed by atoms with E-state index in [1.165, 1.54) is 16.4 Å². The van der Waals surface area contributed by atoms with Crippen molar-refractivity contribution >= 4 is 27.5 Å². The summed E-state index contributed by atoms with van der Waals surface area (Å²) in [6.07, 6.45) is 4.50. The molecule has 0 unspecified atom stereocenters. The van der Waals surface area contributed by atoms with E-state index in [-0.39, 0.29) is 16.4 Å². The highest BCUT2D eigenvalue weighted by molar-refractivity contribution is 7.89. The highest BCUT2D eigenvalue weighted by Gasteiger charge is 2.26. The van der Waals surface area contributed by atoms with Gasteiger partial charge in [0.25, 0.3) is 5.91 Å². The maximum Gasteiger partial charge on any atom is 0.258 e. The molecule has 140 valence electrons. The summed E-state index contributed by atoms with van der Waals surface area (Å²) in [7, 11) is -3.59. The molecular weight excluding hydrogens is 366 g/mol. The first-order valence-corrected chi connectivity index (χ1v) is 10.2. The fraction of sp³-hybridized carbons (Fsp3) is 0.278. The van der Waals surface area contributed by atoms with Crippen molar-refractivity contribution in [1.29, 1.82) is 0 Å². The molecule has 4 rings (SSSR count). The topological polar surface area (TPSA) is 96.7 Å². The molecule has 3 heterocycles. The van der Waals surface area contributed by atoms with Crippen LogP contribution in [0.4, 0.5) is 5.95 Å². The minimum atomic E-state index is -3.59. The normalized spacial score (nSPS) is 15.7. The van der Waals surface area contributed by atoms with Gasteiger partial charge in [0, 0.05) is 24.8 Å². The van der Waals surface area contributed by atoms with E-state index in [0.29, 0.717) is 18.7 Å². The number of anilines is 1. The van der Waals surface area contributed by atoms with Gasteiger partial charge in [-0.3, -0.25) is 14.5 Å². The summed E-state index contributed by atoms with van der Waals surface area (Å²) in [4.78, 5) is 12.7. The second kappa shape index (κ2) is 7.09. The zero-order valence-electron chi connectivity index (χ0n) is 14.6. The molecular formula is C18H19N5O3S. The fourth-order valence-electron chi connectivity index (χ4n) is 3.15. The average Bonchev–Trinajstić information content (AvgIpc) is 3.12. The number of sulfonamides is 1. The van der Waals surface area contributed by atoms with Crippen LogP contribution in [0.5, 0.6) is 0 Å². The maximum absolute atomic E-state index is 12.8. The third kappa shape index (κ3) is 3.43. The molecule has 1 amide bonds. The largest absolute Gasteiger partial charge is 0.290 e. The Hall–Kier alpha value is -2.78. The van der Waals surface area contributed by atoms with Crippen molar-refractivity contribution in [2.75, 3.05) is 18.4 Å². The summed E-state index contributed by atoms with van der Waals surface area (Å²) >= 11 is 0. The van der Waals surface area contributed by atoms with Gasteiger partial charge in [-0.1, -0.05) is 18.6 Å². The highest BCUT2D eigenvalue weighted by Crippen LogP contribution is 2.21. The lowest BCUT2D eigenvalue weighted by molar-refractivity contribution is 0.102. The maximum atomic E-state index is 12.8. The van der Waals surface area contributed by atoms with E-state index in [2.05, 4.69) is 15.5 Å². The standard InChI is InChI=1S/C18H19N5O3S/c24-17(19-18-21-20-16-9-2-5-12-23(16)18)14-7-6-8-15(13-14)27(25,26)22-10-3-1-4-11-22/h2,5-9,12-13H,1,3-4,10-11H2,(H,19,21,24). The van der Waals surface area contributed by atoms with Gasteiger partial charge in [-0.25, -0.2) is 8.42 Å². The predicted octanol–water partition coefficient (Wildman–Crippen LogP) is 2.16. The molecule has 1 aliphatic rings. The summed E-state index contributed by atoms with van der Waals surface area (Å²) in [5.41, 5.74) is 0.856.